The molecule has 0 amide bonds. The fraction of sp³-hybridized carbons (Fsp3) is 0.167. The lowest BCUT2D eigenvalue weighted by Crippen LogP contribution is -1.92. The van der Waals surface area contributed by atoms with E-state index in [1.165, 1.54) is 12.3 Å². The zero-order valence-electron chi connectivity index (χ0n) is 8.41. The summed E-state index contributed by atoms with van der Waals surface area (Å²) in [5, 5.41) is 9.24. The van der Waals surface area contributed by atoms with E-state index in [4.69, 9.17) is 21.1 Å². The molecule has 0 radical (unpaired) electrons. The average molecular weight is 241 g/mol. The van der Waals surface area contributed by atoms with Crippen LogP contribution < -0.4 is 0 Å². The van der Waals surface area contributed by atoms with E-state index in [1.54, 1.807) is 18.2 Å². The fourth-order valence-corrected chi connectivity index (χ4v) is 1.71. The van der Waals surface area contributed by atoms with Crippen molar-refractivity contribution in [1.29, 1.82) is 0 Å². The average Bonchev–Trinajstić information content (AvgIpc) is 2.71. The Labute approximate surface area is 97.3 Å². The van der Waals surface area contributed by atoms with Crippen LogP contribution in [0, 0.1) is 5.82 Å². The Morgan fingerprint density at radius 1 is 1.38 bits per heavy atom. The Hall–Kier alpha value is -1.32. The number of hydrogen-bond acceptors (Lipinski definition) is 2. The maximum atomic E-state index is 13.4. The van der Waals surface area contributed by atoms with Crippen molar-refractivity contribution in [2.75, 3.05) is 0 Å². The number of aliphatic hydroxyl groups excluding tert-OH is 1. The third-order valence-electron chi connectivity index (χ3n) is 2.30. The summed E-state index contributed by atoms with van der Waals surface area (Å²) in [6, 6.07) is 6.23. The minimum atomic E-state index is -0.352. The van der Waals surface area contributed by atoms with Crippen molar-refractivity contribution in [1.82, 2.24) is 0 Å². The zero-order chi connectivity index (χ0) is 11.5. The van der Waals surface area contributed by atoms with E-state index in [0.29, 0.717) is 21.9 Å². The molecule has 0 fully saturated rings. The second-order valence-electron chi connectivity index (χ2n) is 3.46. The minimum absolute atomic E-state index is 0.0888. The van der Waals surface area contributed by atoms with E-state index < -0.39 is 0 Å². The van der Waals surface area contributed by atoms with E-state index >= 15 is 0 Å². The van der Waals surface area contributed by atoms with Gasteiger partial charge in [0.1, 0.15) is 11.6 Å². The molecule has 1 aromatic heterocycles. The van der Waals surface area contributed by atoms with Crippen LogP contribution in [0.25, 0.3) is 0 Å². The predicted molar refractivity (Wildman–Crippen MR) is 58.8 cm³/mol. The van der Waals surface area contributed by atoms with E-state index in [2.05, 4.69) is 0 Å². The van der Waals surface area contributed by atoms with Crippen LogP contribution in [0.1, 0.15) is 16.9 Å². The topological polar surface area (TPSA) is 33.4 Å². The van der Waals surface area contributed by atoms with Gasteiger partial charge in [-0.15, -0.1) is 0 Å². The summed E-state index contributed by atoms with van der Waals surface area (Å²) in [6.07, 6.45) is 1.73. The van der Waals surface area contributed by atoms with Gasteiger partial charge in [-0.1, -0.05) is 17.7 Å². The Balaban J connectivity index is 2.26. The minimum Gasteiger partial charge on any atom is -0.469 e. The van der Waals surface area contributed by atoms with Gasteiger partial charge in [-0.05, 0) is 18.2 Å². The predicted octanol–water partition coefficient (Wildman–Crippen LogP) is 3.16. The van der Waals surface area contributed by atoms with Crippen LogP contribution in [0.2, 0.25) is 5.02 Å². The molecule has 0 saturated carbocycles. The summed E-state index contributed by atoms with van der Waals surface area (Å²) >= 11 is 5.89. The second-order valence-corrected chi connectivity index (χ2v) is 3.86. The van der Waals surface area contributed by atoms with E-state index in [0.717, 1.165) is 0 Å². The Morgan fingerprint density at radius 2 is 2.19 bits per heavy atom. The molecular weight excluding hydrogens is 231 g/mol. The molecule has 2 aromatic rings. The van der Waals surface area contributed by atoms with Gasteiger partial charge in [-0.2, -0.15) is 0 Å². The molecule has 0 saturated heterocycles. The third kappa shape index (κ3) is 2.26. The van der Waals surface area contributed by atoms with Gasteiger partial charge in [0.15, 0.2) is 0 Å². The van der Waals surface area contributed by atoms with Gasteiger partial charge in [0.2, 0.25) is 0 Å². The van der Waals surface area contributed by atoms with Crippen molar-refractivity contribution >= 4 is 11.6 Å². The largest absolute Gasteiger partial charge is 0.469 e. The first-order chi connectivity index (χ1) is 7.70. The van der Waals surface area contributed by atoms with Gasteiger partial charge in [0.25, 0.3) is 0 Å². The normalized spacial score (nSPS) is 10.7. The molecule has 0 aliphatic carbocycles. The van der Waals surface area contributed by atoms with Crippen molar-refractivity contribution in [3.8, 4) is 0 Å². The molecule has 0 unspecified atom stereocenters. The van der Waals surface area contributed by atoms with Crippen LogP contribution in [0.5, 0.6) is 0 Å². The summed E-state index contributed by atoms with van der Waals surface area (Å²) in [6.45, 7) is -0.0888. The summed E-state index contributed by atoms with van der Waals surface area (Å²) in [7, 11) is 0. The molecule has 0 spiro atoms. The van der Waals surface area contributed by atoms with Crippen molar-refractivity contribution in [2.24, 2.45) is 0 Å². The molecule has 0 atom stereocenters. The number of benzene rings is 1. The third-order valence-corrected chi connectivity index (χ3v) is 2.66. The highest BCUT2D eigenvalue weighted by molar-refractivity contribution is 6.31. The molecule has 1 N–H and O–H groups in total. The van der Waals surface area contributed by atoms with Crippen LogP contribution in [0.4, 0.5) is 4.39 Å². The van der Waals surface area contributed by atoms with Crippen molar-refractivity contribution in [3.05, 3.63) is 58.3 Å². The first-order valence-corrected chi connectivity index (χ1v) is 5.18. The first kappa shape index (κ1) is 11.2. The van der Waals surface area contributed by atoms with E-state index in [9.17, 15) is 4.39 Å². The Kier molecular flexibility index (Phi) is 3.27. The molecule has 2 rings (SSSR count). The van der Waals surface area contributed by atoms with Crippen molar-refractivity contribution in [2.45, 2.75) is 13.0 Å². The maximum Gasteiger partial charge on any atom is 0.128 e. The van der Waals surface area contributed by atoms with E-state index in [1.807, 2.05) is 0 Å². The van der Waals surface area contributed by atoms with Crippen LogP contribution in [0.3, 0.4) is 0 Å². The number of rotatable bonds is 3. The molecule has 84 valence electrons. The summed E-state index contributed by atoms with van der Waals surface area (Å²) in [5.41, 5.74) is 1.07. The molecule has 1 aromatic carbocycles. The van der Waals surface area contributed by atoms with Gasteiger partial charge in [0, 0.05) is 22.6 Å². The summed E-state index contributed by atoms with van der Waals surface area (Å²) in [4.78, 5) is 0. The van der Waals surface area contributed by atoms with Crippen molar-refractivity contribution < 1.29 is 13.9 Å². The highest BCUT2D eigenvalue weighted by Crippen LogP contribution is 2.23. The summed E-state index contributed by atoms with van der Waals surface area (Å²) < 4.78 is 18.6. The highest BCUT2D eigenvalue weighted by Gasteiger charge is 2.10. The SMILES string of the molecule is OCc1coc(Cc2c(F)cccc2Cl)c1. The highest BCUT2D eigenvalue weighted by atomic mass is 35.5. The standard InChI is InChI=1S/C12H10ClFO2/c13-11-2-1-3-12(14)10(11)5-9-4-8(6-15)7-16-9/h1-4,7,15H,5-6H2. The first-order valence-electron chi connectivity index (χ1n) is 4.80. The lowest BCUT2D eigenvalue weighted by atomic mass is 10.1. The quantitative estimate of drug-likeness (QED) is 0.894. The van der Waals surface area contributed by atoms with Gasteiger partial charge >= 0.3 is 0 Å². The number of aliphatic hydroxyl groups is 1. The molecule has 0 aliphatic rings. The molecule has 1 heterocycles. The number of halogens is 2. The lowest BCUT2D eigenvalue weighted by molar-refractivity contribution is 0.280. The van der Waals surface area contributed by atoms with Crippen LogP contribution in [-0.2, 0) is 13.0 Å². The van der Waals surface area contributed by atoms with Crippen LogP contribution in [0.15, 0.2) is 34.9 Å². The van der Waals surface area contributed by atoms with Crippen molar-refractivity contribution in [3.63, 3.8) is 0 Å². The molecular formula is C12H10ClFO2. The van der Waals surface area contributed by atoms with E-state index in [-0.39, 0.29) is 18.8 Å². The van der Waals surface area contributed by atoms with Gasteiger partial charge < -0.3 is 9.52 Å². The molecule has 4 heteroatoms. The maximum absolute atomic E-state index is 13.4. The second kappa shape index (κ2) is 4.68. The zero-order valence-corrected chi connectivity index (χ0v) is 9.17. The number of furan rings is 1. The number of hydrogen-bond donors (Lipinski definition) is 1. The van der Waals surface area contributed by atoms with Crippen LogP contribution in [-0.4, -0.2) is 5.11 Å². The monoisotopic (exact) mass is 240 g/mol. The molecule has 0 aliphatic heterocycles. The Morgan fingerprint density at radius 3 is 2.81 bits per heavy atom. The molecule has 0 bridgehead atoms. The van der Waals surface area contributed by atoms with Gasteiger partial charge in [-0.3, -0.25) is 0 Å². The smallest absolute Gasteiger partial charge is 0.128 e. The van der Waals surface area contributed by atoms with Gasteiger partial charge in [0.05, 0.1) is 12.9 Å². The Bertz CT molecular complexity index is 473. The van der Waals surface area contributed by atoms with Gasteiger partial charge in [-0.25, -0.2) is 4.39 Å². The lowest BCUT2D eigenvalue weighted by Gasteiger charge is -2.02. The molecule has 16 heavy (non-hydrogen) atoms. The van der Waals surface area contributed by atoms with Crippen LogP contribution >= 0.6 is 11.6 Å². The fourth-order valence-electron chi connectivity index (χ4n) is 1.48. The summed E-state index contributed by atoms with van der Waals surface area (Å²) in [5.74, 6) is 0.227. The molecule has 2 nitrogen and oxygen atoms in total.